The number of benzene rings is 2. The van der Waals surface area contributed by atoms with E-state index in [1.807, 2.05) is 55.5 Å². The van der Waals surface area contributed by atoms with Crippen LogP contribution in [-0.4, -0.2) is 10.9 Å². The molecule has 1 unspecified atom stereocenters. The molecule has 0 saturated heterocycles. The van der Waals surface area contributed by atoms with Gasteiger partial charge in [0.05, 0.1) is 6.04 Å². The maximum absolute atomic E-state index is 12.7. The van der Waals surface area contributed by atoms with Crippen molar-refractivity contribution in [3.05, 3.63) is 102 Å². The minimum Gasteiger partial charge on any atom is -0.350 e. The fourth-order valence-corrected chi connectivity index (χ4v) is 3.02. The van der Waals surface area contributed by atoms with Crippen LogP contribution in [0.25, 0.3) is 0 Å². The molecule has 0 fully saturated rings. The number of nitrogens with zero attached hydrogens (tertiary/aromatic N) is 1. The van der Waals surface area contributed by atoms with Gasteiger partial charge >= 0.3 is 0 Å². The minimum absolute atomic E-state index is 0.0392. The monoisotopic (exact) mass is 330 g/mol. The summed E-state index contributed by atoms with van der Waals surface area (Å²) in [6.45, 7) is 1.99. The van der Waals surface area contributed by atoms with E-state index in [-0.39, 0.29) is 17.9 Å². The molecule has 0 aliphatic carbocycles. The van der Waals surface area contributed by atoms with Crippen molar-refractivity contribution in [3.63, 3.8) is 0 Å². The highest BCUT2D eigenvalue weighted by Gasteiger charge is 2.19. The fraction of sp³-hybridized carbons (Fsp3) is 0.182. The number of amides is 1. The lowest BCUT2D eigenvalue weighted by Crippen LogP contribution is -2.28. The van der Waals surface area contributed by atoms with Crippen LogP contribution in [0.15, 0.2) is 85.2 Å². The molecular formula is C22H22N2O. The van der Waals surface area contributed by atoms with Crippen LogP contribution in [0.5, 0.6) is 0 Å². The van der Waals surface area contributed by atoms with Crippen molar-refractivity contribution in [1.82, 2.24) is 10.3 Å². The molecule has 1 amide bonds. The van der Waals surface area contributed by atoms with Gasteiger partial charge in [0.25, 0.3) is 0 Å². The Balaban J connectivity index is 1.75. The number of carbonyl (C=O) groups excluding carboxylic acids is 1. The van der Waals surface area contributed by atoms with Gasteiger partial charge in [-0.15, -0.1) is 0 Å². The Hall–Kier alpha value is -2.94. The summed E-state index contributed by atoms with van der Waals surface area (Å²) in [4.78, 5) is 16.7. The van der Waals surface area contributed by atoms with E-state index in [1.165, 1.54) is 0 Å². The molecule has 0 spiro atoms. The fourth-order valence-electron chi connectivity index (χ4n) is 3.02. The van der Waals surface area contributed by atoms with E-state index in [0.29, 0.717) is 6.42 Å². The van der Waals surface area contributed by atoms with Crippen LogP contribution in [0.4, 0.5) is 0 Å². The second-order valence-corrected chi connectivity index (χ2v) is 6.15. The standard InChI is InChI=1S/C22H22N2O/c1-17(18-12-14-23-15-13-18)24-22(25)16-21(19-8-4-2-5-9-19)20-10-6-3-7-11-20/h2-15,17,21H,16H2,1H3,(H,24,25). The Kier molecular flexibility index (Phi) is 5.57. The number of hydrogen-bond donors (Lipinski definition) is 1. The molecule has 0 bridgehead atoms. The van der Waals surface area contributed by atoms with E-state index in [1.54, 1.807) is 12.4 Å². The second kappa shape index (κ2) is 8.25. The zero-order chi connectivity index (χ0) is 17.5. The second-order valence-electron chi connectivity index (χ2n) is 6.15. The third kappa shape index (κ3) is 4.54. The van der Waals surface area contributed by atoms with Gasteiger partial charge in [-0.3, -0.25) is 9.78 Å². The average molecular weight is 330 g/mol. The van der Waals surface area contributed by atoms with Gasteiger partial charge in [-0.25, -0.2) is 0 Å². The summed E-state index contributed by atoms with van der Waals surface area (Å²) >= 11 is 0. The van der Waals surface area contributed by atoms with Crippen LogP contribution in [0.3, 0.4) is 0 Å². The first-order valence-corrected chi connectivity index (χ1v) is 8.53. The molecule has 0 aliphatic rings. The summed E-state index contributed by atoms with van der Waals surface area (Å²) in [6, 6.07) is 24.2. The third-order valence-corrected chi connectivity index (χ3v) is 4.38. The zero-order valence-electron chi connectivity index (χ0n) is 14.3. The number of nitrogens with one attached hydrogen (secondary N) is 1. The molecule has 0 aliphatic heterocycles. The number of aromatic nitrogens is 1. The molecular weight excluding hydrogens is 308 g/mol. The quantitative estimate of drug-likeness (QED) is 0.724. The Morgan fingerprint density at radius 3 is 1.88 bits per heavy atom. The van der Waals surface area contributed by atoms with E-state index < -0.39 is 0 Å². The molecule has 1 aromatic heterocycles. The van der Waals surface area contributed by atoms with Crippen LogP contribution in [0.1, 0.15) is 42.0 Å². The molecule has 3 heteroatoms. The third-order valence-electron chi connectivity index (χ3n) is 4.38. The topological polar surface area (TPSA) is 42.0 Å². The van der Waals surface area contributed by atoms with Gasteiger partial charge in [-0.05, 0) is 35.7 Å². The van der Waals surface area contributed by atoms with E-state index in [9.17, 15) is 4.79 Å². The van der Waals surface area contributed by atoms with Gasteiger partial charge in [-0.1, -0.05) is 60.7 Å². The van der Waals surface area contributed by atoms with Gasteiger partial charge in [-0.2, -0.15) is 0 Å². The van der Waals surface area contributed by atoms with Crippen molar-refractivity contribution in [2.45, 2.75) is 25.3 Å². The van der Waals surface area contributed by atoms with Crippen LogP contribution in [-0.2, 0) is 4.79 Å². The smallest absolute Gasteiger partial charge is 0.221 e. The average Bonchev–Trinajstić information content (AvgIpc) is 2.68. The van der Waals surface area contributed by atoms with Crippen molar-refractivity contribution in [3.8, 4) is 0 Å². The molecule has 3 rings (SSSR count). The Morgan fingerprint density at radius 2 is 1.36 bits per heavy atom. The van der Waals surface area contributed by atoms with Crippen molar-refractivity contribution < 1.29 is 4.79 Å². The Bertz CT molecular complexity index is 749. The maximum Gasteiger partial charge on any atom is 0.221 e. The summed E-state index contributed by atoms with van der Waals surface area (Å²) in [5, 5.41) is 3.10. The van der Waals surface area contributed by atoms with Gasteiger partial charge in [0.1, 0.15) is 0 Å². The van der Waals surface area contributed by atoms with Crippen molar-refractivity contribution in [2.24, 2.45) is 0 Å². The molecule has 1 atom stereocenters. The van der Waals surface area contributed by atoms with Gasteiger partial charge in [0.2, 0.25) is 5.91 Å². The van der Waals surface area contributed by atoms with E-state index >= 15 is 0 Å². The predicted octanol–water partition coefficient (Wildman–Crippen LogP) is 4.48. The largest absolute Gasteiger partial charge is 0.350 e. The van der Waals surface area contributed by atoms with E-state index in [0.717, 1.165) is 16.7 Å². The summed E-state index contributed by atoms with van der Waals surface area (Å²) < 4.78 is 0. The summed E-state index contributed by atoms with van der Waals surface area (Å²) in [6.07, 6.45) is 3.91. The molecule has 3 aromatic rings. The highest BCUT2D eigenvalue weighted by atomic mass is 16.1. The Labute approximate surface area is 148 Å². The minimum atomic E-state index is -0.0392. The lowest BCUT2D eigenvalue weighted by molar-refractivity contribution is -0.121. The Morgan fingerprint density at radius 1 is 0.840 bits per heavy atom. The molecule has 1 heterocycles. The normalized spacial score (nSPS) is 11.9. The molecule has 25 heavy (non-hydrogen) atoms. The number of hydrogen-bond acceptors (Lipinski definition) is 2. The molecule has 3 nitrogen and oxygen atoms in total. The molecule has 2 aromatic carbocycles. The van der Waals surface area contributed by atoms with Gasteiger partial charge in [0, 0.05) is 24.7 Å². The first-order valence-electron chi connectivity index (χ1n) is 8.53. The molecule has 126 valence electrons. The van der Waals surface area contributed by atoms with Crippen LogP contribution >= 0.6 is 0 Å². The van der Waals surface area contributed by atoms with Crippen LogP contribution in [0.2, 0.25) is 0 Å². The van der Waals surface area contributed by atoms with Crippen molar-refractivity contribution >= 4 is 5.91 Å². The number of pyridine rings is 1. The van der Waals surface area contributed by atoms with Crippen LogP contribution < -0.4 is 5.32 Å². The van der Waals surface area contributed by atoms with Crippen LogP contribution in [0, 0.1) is 0 Å². The van der Waals surface area contributed by atoms with Crippen molar-refractivity contribution in [2.75, 3.05) is 0 Å². The zero-order valence-corrected chi connectivity index (χ0v) is 14.3. The van der Waals surface area contributed by atoms with Gasteiger partial charge < -0.3 is 5.32 Å². The summed E-state index contributed by atoms with van der Waals surface area (Å²) in [7, 11) is 0. The molecule has 0 radical (unpaired) electrons. The first-order chi connectivity index (χ1) is 12.2. The lowest BCUT2D eigenvalue weighted by atomic mass is 9.88. The number of carbonyl (C=O) groups is 1. The highest BCUT2D eigenvalue weighted by Crippen LogP contribution is 2.28. The predicted molar refractivity (Wildman–Crippen MR) is 100 cm³/mol. The van der Waals surface area contributed by atoms with E-state index in [2.05, 4.69) is 34.6 Å². The SMILES string of the molecule is CC(NC(=O)CC(c1ccccc1)c1ccccc1)c1ccncc1. The van der Waals surface area contributed by atoms with Gasteiger partial charge in [0.15, 0.2) is 0 Å². The molecule has 0 saturated carbocycles. The summed E-state index contributed by atoms with van der Waals surface area (Å²) in [5.41, 5.74) is 3.36. The number of rotatable bonds is 6. The first kappa shape index (κ1) is 16.9. The van der Waals surface area contributed by atoms with E-state index in [4.69, 9.17) is 0 Å². The maximum atomic E-state index is 12.7. The lowest BCUT2D eigenvalue weighted by Gasteiger charge is -2.20. The molecule has 1 N–H and O–H groups in total. The highest BCUT2D eigenvalue weighted by molar-refractivity contribution is 5.78. The van der Waals surface area contributed by atoms with Crippen molar-refractivity contribution in [1.29, 1.82) is 0 Å². The summed E-state index contributed by atoms with van der Waals surface area (Å²) in [5.74, 6) is 0.0917.